The third-order valence-corrected chi connectivity index (χ3v) is 7.76. The first-order valence-corrected chi connectivity index (χ1v) is 12.0. The molecule has 0 amide bonds. The maximum Gasteiger partial charge on any atom is 0.204 e. The lowest BCUT2D eigenvalue weighted by Gasteiger charge is -2.27. The fourth-order valence-electron chi connectivity index (χ4n) is 4.08. The molecule has 6 nitrogen and oxygen atoms in total. The minimum absolute atomic E-state index is 0.0433. The molecule has 1 aliphatic rings. The number of hydrogen-bond donors (Lipinski definition) is 0. The monoisotopic (exact) mass is 418 g/mol. The second kappa shape index (κ2) is 7.57. The number of sulfone groups is 1. The van der Waals surface area contributed by atoms with Crippen molar-refractivity contribution in [1.82, 2.24) is 19.1 Å². The van der Waals surface area contributed by atoms with Gasteiger partial charge in [-0.1, -0.05) is 31.5 Å². The van der Waals surface area contributed by atoms with Crippen LogP contribution in [0.25, 0.3) is 16.6 Å². The molecule has 28 heavy (non-hydrogen) atoms. The van der Waals surface area contributed by atoms with E-state index in [2.05, 4.69) is 36.9 Å². The van der Waals surface area contributed by atoms with E-state index in [1.54, 1.807) is 0 Å². The lowest BCUT2D eigenvalue weighted by Crippen LogP contribution is -2.38. The highest BCUT2D eigenvalue weighted by Gasteiger charge is 2.32. The smallest absolute Gasteiger partial charge is 0.204 e. The normalized spacial score (nSPS) is 19.2. The van der Waals surface area contributed by atoms with E-state index in [4.69, 9.17) is 17.3 Å². The van der Waals surface area contributed by atoms with Gasteiger partial charge in [-0.15, -0.1) is 0 Å². The number of aryl methyl sites for hydroxylation is 1. The number of rotatable bonds is 6. The van der Waals surface area contributed by atoms with Gasteiger partial charge in [-0.25, -0.2) is 13.1 Å². The molecule has 0 radical (unpaired) electrons. The van der Waals surface area contributed by atoms with Crippen LogP contribution in [-0.2, 0) is 16.5 Å². The summed E-state index contributed by atoms with van der Waals surface area (Å²) in [5.41, 5.74) is 3.05. The Labute approximate surface area is 170 Å². The summed E-state index contributed by atoms with van der Waals surface area (Å²) in [6.07, 6.45) is 2.78. The molecule has 0 bridgehead atoms. The zero-order chi connectivity index (χ0) is 19.9. The summed E-state index contributed by atoms with van der Waals surface area (Å²) in [5, 5.41) is 5.93. The van der Waals surface area contributed by atoms with E-state index < -0.39 is 9.84 Å². The van der Waals surface area contributed by atoms with Crippen molar-refractivity contribution in [1.29, 1.82) is 0 Å². The van der Waals surface area contributed by atoms with E-state index in [0.29, 0.717) is 17.9 Å². The van der Waals surface area contributed by atoms with Gasteiger partial charge in [0.05, 0.1) is 23.7 Å². The van der Waals surface area contributed by atoms with Crippen LogP contribution < -0.4 is 0 Å². The molecule has 3 heterocycles. The number of fused-ring (bicyclic) bond motifs is 3. The molecule has 4 rings (SSSR count). The molecule has 1 aliphatic heterocycles. The van der Waals surface area contributed by atoms with Crippen LogP contribution in [-0.4, -0.2) is 51.6 Å². The Morgan fingerprint density at radius 2 is 2.11 bits per heavy atom. The zero-order valence-corrected chi connectivity index (χ0v) is 18.0. The number of pyridine rings is 1. The zero-order valence-electron chi connectivity index (χ0n) is 16.3. The molecular weight excluding hydrogens is 392 g/mol. The van der Waals surface area contributed by atoms with Crippen LogP contribution in [0.2, 0.25) is 0 Å². The van der Waals surface area contributed by atoms with Crippen molar-refractivity contribution in [2.45, 2.75) is 45.8 Å². The Balaban J connectivity index is 1.74. The molecular formula is C20H26N4O2S2. The molecule has 2 aromatic heterocycles. The quantitative estimate of drug-likeness (QED) is 0.573. The average Bonchev–Trinajstić information content (AvgIpc) is 3.18. The summed E-state index contributed by atoms with van der Waals surface area (Å²) in [4.78, 5) is 2.24. The Morgan fingerprint density at radius 1 is 1.32 bits per heavy atom. The fraction of sp³-hybridized carbons (Fsp3) is 0.500. The lowest BCUT2D eigenvalue weighted by molar-refractivity contribution is 0.153. The summed E-state index contributed by atoms with van der Waals surface area (Å²) < 4.78 is 28.5. The van der Waals surface area contributed by atoms with Gasteiger partial charge in [-0.3, -0.25) is 9.30 Å². The second-order valence-corrected chi connectivity index (χ2v) is 10.3. The summed E-state index contributed by atoms with van der Waals surface area (Å²) in [6.45, 7) is 5.61. The van der Waals surface area contributed by atoms with Gasteiger partial charge in [0.15, 0.2) is 15.5 Å². The van der Waals surface area contributed by atoms with E-state index in [1.807, 2.05) is 21.2 Å². The van der Waals surface area contributed by atoms with Crippen molar-refractivity contribution in [2.24, 2.45) is 0 Å². The third kappa shape index (κ3) is 3.60. The predicted octanol–water partition coefficient (Wildman–Crippen LogP) is 3.57. The van der Waals surface area contributed by atoms with Gasteiger partial charge in [0.25, 0.3) is 0 Å². The van der Waals surface area contributed by atoms with Gasteiger partial charge in [-0.2, -0.15) is 5.10 Å². The van der Waals surface area contributed by atoms with Crippen molar-refractivity contribution >= 4 is 38.6 Å². The molecule has 1 saturated heterocycles. The number of unbranched alkanes of at least 4 members (excludes halogenated alkanes) is 1. The Hall–Kier alpha value is -1.77. The molecule has 150 valence electrons. The predicted molar refractivity (Wildman–Crippen MR) is 115 cm³/mol. The van der Waals surface area contributed by atoms with Crippen LogP contribution in [0, 0.1) is 11.7 Å². The minimum Gasteiger partial charge on any atom is -0.280 e. The highest BCUT2D eigenvalue weighted by Crippen LogP contribution is 2.23. The highest BCUT2D eigenvalue weighted by atomic mass is 32.2. The maximum absolute atomic E-state index is 12.0. The fourth-order valence-corrected chi connectivity index (χ4v) is 6.13. The summed E-state index contributed by atoms with van der Waals surface area (Å²) in [6, 6.07) is 10.3. The van der Waals surface area contributed by atoms with Crippen molar-refractivity contribution in [3.05, 3.63) is 40.7 Å². The Bertz CT molecular complexity index is 1180. The molecule has 8 heteroatoms. The molecule has 1 fully saturated rings. The van der Waals surface area contributed by atoms with Crippen LogP contribution in [0.3, 0.4) is 0 Å². The SMILES string of the molecule is CCCCN(Cn1nc2cc(C)c3ccccc3n2c1=S)C1CCS(=O)(=O)C1. The van der Waals surface area contributed by atoms with Crippen molar-refractivity contribution in [3.8, 4) is 0 Å². The largest absolute Gasteiger partial charge is 0.280 e. The lowest BCUT2D eigenvalue weighted by atomic mass is 10.1. The third-order valence-electron chi connectivity index (χ3n) is 5.62. The molecule has 0 aliphatic carbocycles. The van der Waals surface area contributed by atoms with E-state index in [9.17, 15) is 8.42 Å². The summed E-state index contributed by atoms with van der Waals surface area (Å²) in [7, 11) is -2.93. The molecule has 1 atom stereocenters. The molecule has 0 saturated carbocycles. The standard InChI is InChI=1S/C20H26N4O2S2/c1-3-4-10-22(16-9-11-28(25,26)13-16)14-23-20(27)24-18-8-6-5-7-17(18)15(2)12-19(24)21-23/h5-8,12,16H,3-4,9-11,13-14H2,1-2H3. The topological polar surface area (TPSA) is 59.6 Å². The number of para-hydroxylation sites is 1. The van der Waals surface area contributed by atoms with Gasteiger partial charge in [-0.05, 0) is 49.7 Å². The van der Waals surface area contributed by atoms with Crippen LogP contribution in [0.15, 0.2) is 30.3 Å². The van der Waals surface area contributed by atoms with E-state index in [-0.39, 0.29) is 17.5 Å². The molecule has 1 unspecified atom stereocenters. The van der Waals surface area contributed by atoms with Crippen molar-refractivity contribution in [3.63, 3.8) is 0 Å². The highest BCUT2D eigenvalue weighted by molar-refractivity contribution is 7.91. The van der Waals surface area contributed by atoms with E-state index >= 15 is 0 Å². The number of benzene rings is 1. The van der Waals surface area contributed by atoms with Crippen LogP contribution >= 0.6 is 12.2 Å². The van der Waals surface area contributed by atoms with Gasteiger partial charge >= 0.3 is 0 Å². The number of hydrogen-bond acceptors (Lipinski definition) is 5. The molecule has 1 aromatic carbocycles. The van der Waals surface area contributed by atoms with Gasteiger partial charge in [0, 0.05) is 18.0 Å². The molecule has 0 N–H and O–H groups in total. The first-order chi connectivity index (χ1) is 13.4. The summed E-state index contributed by atoms with van der Waals surface area (Å²) in [5.74, 6) is 0.514. The van der Waals surface area contributed by atoms with Crippen LogP contribution in [0.1, 0.15) is 31.7 Å². The van der Waals surface area contributed by atoms with E-state index in [1.165, 1.54) is 5.56 Å². The number of nitrogens with zero attached hydrogens (tertiary/aromatic N) is 4. The van der Waals surface area contributed by atoms with Gasteiger partial charge in [0.1, 0.15) is 0 Å². The first-order valence-electron chi connectivity index (χ1n) is 9.82. The average molecular weight is 419 g/mol. The van der Waals surface area contributed by atoms with Gasteiger partial charge in [0.2, 0.25) is 4.77 Å². The summed E-state index contributed by atoms with van der Waals surface area (Å²) >= 11 is 5.77. The van der Waals surface area contributed by atoms with Crippen LogP contribution in [0.5, 0.6) is 0 Å². The maximum atomic E-state index is 12.0. The van der Waals surface area contributed by atoms with Crippen molar-refractivity contribution in [2.75, 3.05) is 18.1 Å². The Kier molecular flexibility index (Phi) is 5.28. The molecule has 0 spiro atoms. The first kappa shape index (κ1) is 19.5. The van der Waals surface area contributed by atoms with Gasteiger partial charge < -0.3 is 0 Å². The van der Waals surface area contributed by atoms with E-state index in [0.717, 1.165) is 35.9 Å². The number of aromatic nitrogens is 3. The second-order valence-electron chi connectivity index (χ2n) is 7.68. The van der Waals surface area contributed by atoms with Crippen LogP contribution in [0.4, 0.5) is 0 Å². The van der Waals surface area contributed by atoms with Crippen molar-refractivity contribution < 1.29 is 8.42 Å². The Morgan fingerprint density at radius 3 is 2.82 bits per heavy atom. The molecule has 3 aromatic rings. The minimum atomic E-state index is -2.93.